The second-order valence-corrected chi connectivity index (χ2v) is 6.24. The molecule has 2 heterocycles. The van der Waals surface area contributed by atoms with Gasteiger partial charge in [-0.1, -0.05) is 11.6 Å². The first-order chi connectivity index (χ1) is 12.5. The van der Waals surface area contributed by atoms with Gasteiger partial charge in [-0.25, -0.2) is 9.18 Å². The summed E-state index contributed by atoms with van der Waals surface area (Å²) >= 11 is 5.70. The van der Waals surface area contributed by atoms with Crippen molar-refractivity contribution in [2.24, 2.45) is 5.73 Å². The fourth-order valence-electron chi connectivity index (χ4n) is 2.90. The molecule has 3 N–H and O–H groups in total. The molecule has 1 aliphatic rings. The summed E-state index contributed by atoms with van der Waals surface area (Å²) in [4.78, 5) is 23.7. The summed E-state index contributed by atoms with van der Waals surface area (Å²) in [6.07, 6.45) is -6.42. The number of rotatable bonds is 2. The monoisotopic (exact) mass is 406 g/mol. The van der Waals surface area contributed by atoms with Crippen molar-refractivity contribution >= 4 is 23.6 Å². The molecule has 144 valence electrons. The first kappa shape index (κ1) is 19.0. The minimum Gasteiger partial charge on any atom is -0.465 e. The zero-order chi connectivity index (χ0) is 20.1. The summed E-state index contributed by atoms with van der Waals surface area (Å²) in [5.74, 6) is -1.87. The van der Waals surface area contributed by atoms with Crippen molar-refractivity contribution in [2.75, 3.05) is 6.54 Å². The molecule has 0 saturated heterocycles. The lowest BCUT2D eigenvalue weighted by molar-refractivity contribution is -0.178. The lowest BCUT2D eigenvalue weighted by Crippen LogP contribution is -2.46. The van der Waals surface area contributed by atoms with Gasteiger partial charge in [-0.2, -0.15) is 18.3 Å². The number of benzene rings is 1. The number of alkyl halides is 3. The van der Waals surface area contributed by atoms with Gasteiger partial charge >= 0.3 is 12.3 Å². The highest BCUT2D eigenvalue weighted by Crippen LogP contribution is 2.39. The number of fused-ring (bicyclic) bond motifs is 1. The molecular weight excluding hydrogens is 396 g/mol. The van der Waals surface area contributed by atoms with E-state index in [2.05, 4.69) is 5.10 Å². The van der Waals surface area contributed by atoms with Crippen molar-refractivity contribution in [3.63, 3.8) is 0 Å². The topological polar surface area (TPSA) is 101 Å². The van der Waals surface area contributed by atoms with Gasteiger partial charge in [-0.3, -0.25) is 14.4 Å². The molecule has 0 fully saturated rings. The van der Waals surface area contributed by atoms with Gasteiger partial charge in [0.1, 0.15) is 11.5 Å². The van der Waals surface area contributed by atoms with Crippen LogP contribution in [0, 0.1) is 5.82 Å². The van der Waals surface area contributed by atoms with Crippen molar-refractivity contribution in [2.45, 2.75) is 18.8 Å². The molecule has 2 aromatic rings. The zero-order valence-corrected chi connectivity index (χ0v) is 14.1. The normalized spacial score (nSPS) is 16.9. The molecule has 1 aromatic heterocycles. The Bertz CT molecular complexity index is 944. The molecule has 27 heavy (non-hydrogen) atoms. The highest BCUT2D eigenvalue weighted by molar-refractivity contribution is 6.31. The molecule has 0 aliphatic carbocycles. The third-order valence-corrected chi connectivity index (χ3v) is 4.42. The Balaban J connectivity index is 2.25. The summed E-state index contributed by atoms with van der Waals surface area (Å²) in [5, 5.41) is 12.6. The quantitative estimate of drug-likeness (QED) is 0.748. The average Bonchev–Trinajstić information content (AvgIpc) is 2.94. The van der Waals surface area contributed by atoms with Crippen LogP contribution >= 0.6 is 11.6 Å². The number of primary amides is 1. The molecule has 7 nitrogen and oxygen atoms in total. The van der Waals surface area contributed by atoms with E-state index in [-0.39, 0.29) is 27.5 Å². The Labute approximate surface area is 153 Å². The van der Waals surface area contributed by atoms with Gasteiger partial charge in [0, 0.05) is 5.56 Å². The summed E-state index contributed by atoms with van der Waals surface area (Å²) in [5.41, 5.74) is 4.48. The van der Waals surface area contributed by atoms with Gasteiger partial charge in [0.25, 0.3) is 5.91 Å². The fraction of sp³-hybridized carbons (Fsp3) is 0.267. The number of aromatic nitrogens is 2. The molecule has 0 spiro atoms. The molecule has 0 bridgehead atoms. The number of nitrogens with zero attached hydrogens (tertiary/aromatic N) is 3. The molecule has 0 saturated carbocycles. The van der Waals surface area contributed by atoms with E-state index in [0.717, 1.165) is 12.1 Å². The van der Waals surface area contributed by atoms with Crippen LogP contribution in [0.5, 0.6) is 0 Å². The highest BCUT2D eigenvalue weighted by Gasteiger charge is 2.48. The van der Waals surface area contributed by atoms with Crippen molar-refractivity contribution in [1.82, 2.24) is 14.7 Å². The van der Waals surface area contributed by atoms with Gasteiger partial charge in [0.05, 0.1) is 29.4 Å². The molecule has 2 amide bonds. The number of carbonyl (C=O) groups excluding carboxylic acids is 1. The maximum absolute atomic E-state index is 13.5. The zero-order valence-electron chi connectivity index (χ0n) is 13.3. The number of hydrogen-bond donors (Lipinski definition) is 2. The van der Waals surface area contributed by atoms with Gasteiger partial charge in [-0.15, -0.1) is 0 Å². The largest absolute Gasteiger partial charge is 0.465 e. The summed E-state index contributed by atoms with van der Waals surface area (Å²) in [6, 6.07) is 0.931. The Morgan fingerprint density at radius 3 is 2.52 bits per heavy atom. The first-order valence-corrected chi connectivity index (χ1v) is 7.79. The fourth-order valence-corrected chi connectivity index (χ4v) is 3.08. The van der Waals surface area contributed by atoms with Gasteiger partial charge in [-0.05, 0) is 18.2 Å². The molecule has 1 unspecified atom stereocenters. The summed E-state index contributed by atoms with van der Waals surface area (Å²) in [6.45, 7) is -1.41. The SMILES string of the molecule is NC(=O)c1c(-c2ccc(F)c(Cl)c2)nn2c1CN(C(=O)O)CC2C(F)(F)F. The van der Waals surface area contributed by atoms with Crippen LogP contribution < -0.4 is 5.73 Å². The number of nitrogens with two attached hydrogens (primary N) is 1. The number of amides is 2. The minimum absolute atomic E-state index is 0.0694. The lowest BCUT2D eigenvalue weighted by atomic mass is 10.0. The molecular formula is C15H11ClF4N4O3. The Morgan fingerprint density at radius 2 is 2.00 bits per heavy atom. The Morgan fingerprint density at radius 1 is 1.33 bits per heavy atom. The van der Waals surface area contributed by atoms with Gasteiger partial charge in [0.2, 0.25) is 0 Å². The molecule has 1 aliphatic heterocycles. The van der Waals surface area contributed by atoms with E-state index in [4.69, 9.17) is 22.4 Å². The van der Waals surface area contributed by atoms with Crippen LogP contribution in [0.3, 0.4) is 0 Å². The minimum atomic E-state index is -4.83. The van der Waals surface area contributed by atoms with Crippen molar-refractivity contribution in [1.29, 1.82) is 0 Å². The van der Waals surface area contributed by atoms with Crippen molar-refractivity contribution < 1.29 is 32.3 Å². The standard InChI is InChI=1S/C15H11ClF4N4O3/c16-7-3-6(1-2-8(7)17)12-11(13(21)25)9-4-23(14(26)27)5-10(15(18,19)20)24(9)22-12/h1-3,10H,4-5H2,(H2,21,25)(H,26,27). The third kappa shape index (κ3) is 3.29. The van der Waals surface area contributed by atoms with E-state index < -0.39 is 43.1 Å². The Kier molecular flexibility index (Phi) is 4.50. The van der Waals surface area contributed by atoms with E-state index in [0.29, 0.717) is 9.58 Å². The van der Waals surface area contributed by atoms with Gasteiger partial charge < -0.3 is 10.8 Å². The van der Waals surface area contributed by atoms with Gasteiger partial charge in [0.15, 0.2) is 6.04 Å². The van der Waals surface area contributed by atoms with E-state index in [9.17, 15) is 27.2 Å². The number of carboxylic acid groups (broad SMARTS) is 1. The maximum Gasteiger partial charge on any atom is 0.412 e. The van der Waals surface area contributed by atoms with E-state index >= 15 is 0 Å². The number of hydrogen-bond acceptors (Lipinski definition) is 3. The molecule has 1 aromatic carbocycles. The van der Waals surface area contributed by atoms with Crippen molar-refractivity contribution in [3.8, 4) is 11.3 Å². The number of carbonyl (C=O) groups is 2. The maximum atomic E-state index is 13.5. The van der Waals surface area contributed by atoms with Crippen molar-refractivity contribution in [3.05, 3.63) is 40.3 Å². The van der Waals surface area contributed by atoms with Crippen LogP contribution in [-0.2, 0) is 6.54 Å². The molecule has 3 rings (SSSR count). The number of halogens is 5. The summed E-state index contributed by atoms with van der Waals surface area (Å²) < 4.78 is 54.3. The van der Waals surface area contributed by atoms with Crippen LogP contribution in [0.15, 0.2) is 18.2 Å². The summed E-state index contributed by atoms with van der Waals surface area (Å²) in [7, 11) is 0. The molecule has 1 atom stereocenters. The highest BCUT2D eigenvalue weighted by atomic mass is 35.5. The van der Waals surface area contributed by atoms with Crippen LogP contribution in [-0.4, -0.2) is 44.5 Å². The Hall–Kier alpha value is -2.82. The van der Waals surface area contributed by atoms with E-state index in [1.54, 1.807) is 0 Å². The van der Waals surface area contributed by atoms with Crippen LogP contribution in [0.2, 0.25) is 5.02 Å². The van der Waals surface area contributed by atoms with Crippen LogP contribution in [0.25, 0.3) is 11.3 Å². The average molecular weight is 407 g/mol. The first-order valence-electron chi connectivity index (χ1n) is 7.42. The predicted octanol–water partition coefficient (Wildman–Crippen LogP) is 3.04. The van der Waals surface area contributed by atoms with E-state index in [1.807, 2.05) is 0 Å². The molecule has 0 radical (unpaired) electrons. The van der Waals surface area contributed by atoms with E-state index in [1.165, 1.54) is 6.07 Å². The third-order valence-electron chi connectivity index (χ3n) is 4.13. The van der Waals surface area contributed by atoms with Crippen LogP contribution in [0.1, 0.15) is 22.1 Å². The predicted molar refractivity (Wildman–Crippen MR) is 84.7 cm³/mol. The molecule has 12 heteroatoms. The second kappa shape index (κ2) is 6.41. The second-order valence-electron chi connectivity index (χ2n) is 5.83. The smallest absolute Gasteiger partial charge is 0.412 e. The lowest BCUT2D eigenvalue weighted by Gasteiger charge is -2.33. The van der Waals surface area contributed by atoms with Crippen LogP contribution in [0.4, 0.5) is 22.4 Å².